The molecule has 2 aliphatic carbocycles. The van der Waals surface area contributed by atoms with Crippen molar-refractivity contribution in [3.05, 3.63) is 75.8 Å². The van der Waals surface area contributed by atoms with E-state index in [0.29, 0.717) is 24.3 Å². The fraction of sp³-hybridized carbons (Fsp3) is 0.552. The summed E-state index contributed by atoms with van der Waals surface area (Å²) in [6, 6.07) is 16.0. The van der Waals surface area contributed by atoms with Crippen molar-refractivity contribution < 1.29 is 19.2 Å². The number of Topliss-reactive ketones (excluding diaryl/α,β-unsaturated/α-hetero) is 1. The molecular formula is C29H37NO5. The summed E-state index contributed by atoms with van der Waals surface area (Å²) >= 11 is 0. The molecule has 2 saturated carbocycles. The van der Waals surface area contributed by atoms with Crippen LogP contribution < -0.4 is 4.74 Å². The number of nitrogens with zero attached hydrogens (tertiary/aromatic N) is 1. The van der Waals surface area contributed by atoms with Crippen molar-refractivity contribution in [2.45, 2.75) is 84.2 Å². The number of ketones is 1. The molecule has 35 heavy (non-hydrogen) atoms. The van der Waals surface area contributed by atoms with Gasteiger partial charge in [0.2, 0.25) is 6.04 Å². The van der Waals surface area contributed by atoms with E-state index >= 15 is 0 Å². The third-order valence-electron chi connectivity index (χ3n) is 7.85. The highest BCUT2D eigenvalue weighted by Gasteiger charge is 2.56. The third-order valence-corrected chi connectivity index (χ3v) is 7.85. The number of carbonyl (C=O) groups is 1. The number of carbonyl (C=O) groups excluding carboxylic acids is 1. The molecular weight excluding hydrogens is 442 g/mol. The van der Waals surface area contributed by atoms with E-state index in [1.165, 1.54) is 0 Å². The van der Waals surface area contributed by atoms with Gasteiger partial charge in [0, 0.05) is 29.2 Å². The molecule has 0 aromatic heterocycles. The largest absolute Gasteiger partial charge is 0.489 e. The first-order valence-corrected chi connectivity index (χ1v) is 12.7. The summed E-state index contributed by atoms with van der Waals surface area (Å²) in [7, 11) is 0. The normalized spacial score (nSPS) is 27.3. The number of nitro groups is 1. The topological polar surface area (TPSA) is 78.7 Å². The SMILES string of the molecule is CC(C)(C)O[C@H]1CC[C@H]2C(CC(c3cccc(OCc4ccccc4)c3)[N+](=O)[O-])C(=O)CC[C@]12C. The lowest BCUT2D eigenvalue weighted by molar-refractivity contribution is -0.531. The predicted octanol–water partition coefficient (Wildman–Crippen LogP) is 6.55. The van der Waals surface area contributed by atoms with Gasteiger partial charge >= 0.3 is 0 Å². The van der Waals surface area contributed by atoms with Crippen LogP contribution in [0.1, 0.15) is 77.0 Å². The van der Waals surface area contributed by atoms with Gasteiger partial charge in [0.1, 0.15) is 18.1 Å². The molecule has 2 fully saturated rings. The van der Waals surface area contributed by atoms with E-state index in [-0.39, 0.29) is 46.1 Å². The van der Waals surface area contributed by atoms with Crippen molar-refractivity contribution >= 4 is 5.78 Å². The second kappa shape index (κ2) is 10.1. The van der Waals surface area contributed by atoms with E-state index in [2.05, 4.69) is 27.7 Å². The first-order valence-electron chi connectivity index (χ1n) is 12.7. The Kier molecular flexibility index (Phi) is 7.32. The van der Waals surface area contributed by atoms with Gasteiger partial charge in [-0.05, 0) is 69.1 Å². The van der Waals surface area contributed by atoms with E-state index in [9.17, 15) is 14.9 Å². The number of ether oxygens (including phenoxy) is 2. The summed E-state index contributed by atoms with van der Waals surface area (Å²) in [5.74, 6) is 0.535. The van der Waals surface area contributed by atoms with Crippen LogP contribution in [0.5, 0.6) is 5.75 Å². The van der Waals surface area contributed by atoms with Crippen LogP contribution in [0.15, 0.2) is 54.6 Å². The average molecular weight is 480 g/mol. The predicted molar refractivity (Wildman–Crippen MR) is 135 cm³/mol. The third kappa shape index (κ3) is 5.75. The van der Waals surface area contributed by atoms with Gasteiger partial charge in [0.25, 0.3) is 0 Å². The van der Waals surface area contributed by atoms with Gasteiger partial charge in [-0.15, -0.1) is 0 Å². The molecule has 0 aliphatic heterocycles. The first kappa shape index (κ1) is 25.4. The highest BCUT2D eigenvalue weighted by atomic mass is 16.6. The second-order valence-electron chi connectivity index (χ2n) is 11.4. The lowest BCUT2D eigenvalue weighted by Gasteiger charge is -2.45. The fourth-order valence-electron chi connectivity index (χ4n) is 6.09. The average Bonchev–Trinajstić information content (AvgIpc) is 3.13. The van der Waals surface area contributed by atoms with Crippen LogP contribution in [-0.4, -0.2) is 22.4 Å². The lowest BCUT2D eigenvalue weighted by atomic mass is 9.61. The van der Waals surface area contributed by atoms with Gasteiger partial charge in [0.15, 0.2) is 0 Å². The van der Waals surface area contributed by atoms with E-state index in [1.54, 1.807) is 18.2 Å². The molecule has 2 aliphatic rings. The molecule has 4 rings (SSSR count). The molecule has 6 heteroatoms. The molecule has 2 aromatic carbocycles. The number of rotatable bonds is 8. The van der Waals surface area contributed by atoms with Crippen LogP contribution in [0.4, 0.5) is 0 Å². The molecule has 0 heterocycles. The zero-order chi connectivity index (χ0) is 25.2. The molecule has 2 unspecified atom stereocenters. The smallest absolute Gasteiger partial charge is 0.238 e. The van der Waals surface area contributed by atoms with Gasteiger partial charge < -0.3 is 9.47 Å². The van der Waals surface area contributed by atoms with Crippen LogP contribution in [-0.2, 0) is 16.1 Å². The maximum absolute atomic E-state index is 13.1. The quantitative estimate of drug-likeness (QED) is 0.317. The summed E-state index contributed by atoms with van der Waals surface area (Å²) in [6.45, 7) is 8.80. The Bertz CT molecular complexity index is 1050. The second-order valence-corrected chi connectivity index (χ2v) is 11.4. The van der Waals surface area contributed by atoms with Crippen molar-refractivity contribution in [1.29, 1.82) is 0 Å². The van der Waals surface area contributed by atoms with Gasteiger partial charge in [-0.3, -0.25) is 14.9 Å². The van der Waals surface area contributed by atoms with Crippen molar-refractivity contribution in [1.82, 2.24) is 0 Å². The summed E-state index contributed by atoms with van der Waals surface area (Å²) in [4.78, 5) is 25.1. The number of benzene rings is 2. The van der Waals surface area contributed by atoms with Crippen LogP contribution in [0.2, 0.25) is 0 Å². The summed E-state index contributed by atoms with van der Waals surface area (Å²) in [5, 5.41) is 12.2. The minimum atomic E-state index is -0.950. The van der Waals surface area contributed by atoms with E-state index in [4.69, 9.17) is 9.47 Å². The van der Waals surface area contributed by atoms with Crippen molar-refractivity contribution in [3.8, 4) is 5.75 Å². The molecule has 0 amide bonds. The first-order chi connectivity index (χ1) is 16.6. The summed E-state index contributed by atoms with van der Waals surface area (Å²) in [5.41, 5.74) is 1.22. The van der Waals surface area contributed by atoms with Crippen molar-refractivity contribution in [2.24, 2.45) is 17.3 Å². The molecule has 6 nitrogen and oxygen atoms in total. The van der Waals surface area contributed by atoms with Gasteiger partial charge in [-0.25, -0.2) is 0 Å². The van der Waals surface area contributed by atoms with E-state index in [0.717, 1.165) is 24.8 Å². The minimum absolute atomic E-state index is 0.0758. The zero-order valence-electron chi connectivity index (χ0n) is 21.2. The van der Waals surface area contributed by atoms with Crippen molar-refractivity contribution in [2.75, 3.05) is 0 Å². The number of hydrogen-bond donors (Lipinski definition) is 0. The summed E-state index contributed by atoms with van der Waals surface area (Å²) in [6.07, 6.45) is 3.32. The molecule has 188 valence electrons. The minimum Gasteiger partial charge on any atom is -0.489 e. The lowest BCUT2D eigenvalue weighted by Crippen LogP contribution is -2.46. The van der Waals surface area contributed by atoms with Crippen LogP contribution in [0.25, 0.3) is 0 Å². The van der Waals surface area contributed by atoms with Crippen LogP contribution in [0.3, 0.4) is 0 Å². The summed E-state index contributed by atoms with van der Waals surface area (Å²) < 4.78 is 12.3. The van der Waals surface area contributed by atoms with E-state index < -0.39 is 6.04 Å². The Hall–Kier alpha value is -2.73. The van der Waals surface area contributed by atoms with E-state index in [1.807, 2.05) is 36.4 Å². The Morgan fingerprint density at radius 2 is 1.86 bits per heavy atom. The Balaban J connectivity index is 1.52. The molecule has 0 spiro atoms. The molecule has 0 saturated heterocycles. The Morgan fingerprint density at radius 1 is 1.11 bits per heavy atom. The van der Waals surface area contributed by atoms with Crippen LogP contribution >= 0.6 is 0 Å². The molecule has 2 aromatic rings. The maximum atomic E-state index is 13.1. The molecule has 0 bridgehead atoms. The molecule has 5 atom stereocenters. The Morgan fingerprint density at radius 3 is 2.54 bits per heavy atom. The highest BCUT2D eigenvalue weighted by molar-refractivity contribution is 5.82. The highest BCUT2D eigenvalue weighted by Crippen LogP contribution is 2.56. The van der Waals surface area contributed by atoms with Crippen LogP contribution in [0, 0.1) is 27.4 Å². The fourth-order valence-corrected chi connectivity index (χ4v) is 6.09. The maximum Gasteiger partial charge on any atom is 0.238 e. The molecule has 0 N–H and O–H groups in total. The zero-order valence-corrected chi connectivity index (χ0v) is 21.2. The Labute approximate surface area is 208 Å². The van der Waals surface area contributed by atoms with Gasteiger partial charge in [-0.1, -0.05) is 49.4 Å². The monoisotopic (exact) mass is 479 g/mol. The number of hydrogen-bond acceptors (Lipinski definition) is 5. The van der Waals surface area contributed by atoms with Gasteiger partial charge in [0.05, 0.1) is 11.7 Å². The van der Waals surface area contributed by atoms with Gasteiger partial charge in [-0.2, -0.15) is 0 Å². The van der Waals surface area contributed by atoms with Crippen molar-refractivity contribution in [3.63, 3.8) is 0 Å². The number of fused-ring (bicyclic) bond motifs is 1. The molecule has 0 radical (unpaired) electrons. The standard InChI is InChI=1S/C29H37NO5/c1-28(2,3)35-27-14-13-24-23(26(31)15-16-29(24,27)4)18-25(30(32)33)21-11-8-12-22(17-21)34-19-20-9-6-5-7-10-20/h5-12,17,23-25,27H,13-16,18-19H2,1-4H3/t23?,24-,25?,27-,29-/m0/s1.